The van der Waals surface area contributed by atoms with Crippen LogP contribution in [0.2, 0.25) is 5.02 Å². The molecule has 0 saturated carbocycles. The highest BCUT2D eigenvalue weighted by molar-refractivity contribution is 7.93. The first-order valence-electron chi connectivity index (χ1n) is 7.57. The summed E-state index contributed by atoms with van der Waals surface area (Å²) in [6, 6.07) is 16.8. The van der Waals surface area contributed by atoms with Crippen LogP contribution in [-0.4, -0.2) is 21.4 Å². The number of nitrogens with one attached hydrogen (secondary N) is 1. The predicted molar refractivity (Wildman–Crippen MR) is 106 cm³/mol. The van der Waals surface area contributed by atoms with Gasteiger partial charge in [-0.25, -0.2) is 8.42 Å². The van der Waals surface area contributed by atoms with Crippen LogP contribution in [0.5, 0.6) is 0 Å². The number of hydrogen-bond donors (Lipinski definition) is 1. The maximum absolute atomic E-state index is 12.8. The molecule has 0 aliphatic rings. The topological polar surface area (TPSA) is 66.5 Å². The van der Waals surface area contributed by atoms with E-state index in [1.807, 2.05) is 6.07 Å². The highest BCUT2D eigenvalue weighted by Gasteiger charge is 2.24. The third-order valence-corrected chi connectivity index (χ3v) is 6.77. The number of carbonyl (C=O) groups excluding carboxylic acids is 1. The maximum Gasteiger partial charge on any atom is 0.265 e. The molecule has 0 saturated heterocycles. The molecule has 5 nitrogen and oxygen atoms in total. The molecular formula is C18H15ClN2O3S2. The van der Waals surface area contributed by atoms with E-state index < -0.39 is 10.0 Å². The van der Waals surface area contributed by atoms with E-state index in [0.29, 0.717) is 21.3 Å². The molecule has 1 aromatic heterocycles. The quantitative estimate of drug-likeness (QED) is 0.679. The number of hydrogen-bond acceptors (Lipinski definition) is 4. The number of carbonyl (C=O) groups is 1. The Balaban J connectivity index is 1.80. The summed E-state index contributed by atoms with van der Waals surface area (Å²) in [4.78, 5) is 12.7. The summed E-state index contributed by atoms with van der Waals surface area (Å²) in [5.74, 6) is -0.374. The third-order valence-electron chi connectivity index (χ3n) is 3.68. The molecule has 0 spiro atoms. The van der Waals surface area contributed by atoms with Gasteiger partial charge in [0.2, 0.25) is 0 Å². The van der Waals surface area contributed by atoms with Gasteiger partial charge in [0.15, 0.2) is 0 Å². The van der Waals surface area contributed by atoms with E-state index in [2.05, 4.69) is 5.32 Å². The molecule has 0 atom stereocenters. The zero-order valence-electron chi connectivity index (χ0n) is 13.7. The van der Waals surface area contributed by atoms with Crippen molar-refractivity contribution >= 4 is 50.2 Å². The summed E-state index contributed by atoms with van der Waals surface area (Å²) in [6.45, 7) is 0. The minimum absolute atomic E-state index is 0.0788. The lowest BCUT2D eigenvalue weighted by Gasteiger charge is -2.18. The van der Waals surface area contributed by atoms with Gasteiger partial charge in [0.05, 0.1) is 15.5 Å². The zero-order chi connectivity index (χ0) is 18.7. The van der Waals surface area contributed by atoms with Gasteiger partial charge in [0.1, 0.15) is 0 Å². The van der Waals surface area contributed by atoms with Crippen molar-refractivity contribution in [2.75, 3.05) is 16.7 Å². The van der Waals surface area contributed by atoms with Gasteiger partial charge in [-0.15, -0.1) is 11.3 Å². The number of halogens is 1. The Morgan fingerprint density at radius 3 is 2.38 bits per heavy atom. The van der Waals surface area contributed by atoms with Gasteiger partial charge in [-0.2, -0.15) is 0 Å². The van der Waals surface area contributed by atoms with Crippen LogP contribution in [0.3, 0.4) is 0 Å². The van der Waals surface area contributed by atoms with E-state index in [4.69, 9.17) is 11.6 Å². The van der Waals surface area contributed by atoms with Gasteiger partial charge in [0.25, 0.3) is 15.9 Å². The SMILES string of the molecule is CN(c1ccccc1)S(=O)(=O)c1csc(C(=O)Nc2ccc(Cl)cc2)c1. The number of anilines is 2. The number of thiophene rings is 1. The first-order chi connectivity index (χ1) is 12.4. The fourth-order valence-corrected chi connectivity index (χ4v) is 4.71. The average Bonchev–Trinajstić information content (AvgIpc) is 3.15. The fourth-order valence-electron chi connectivity index (χ4n) is 2.23. The van der Waals surface area contributed by atoms with Gasteiger partial charge in [-0.1, -0.05) is 29.8 Å². The Kier molecular flexibility index (Phi) is 5.31. The number of benzene rings is 2. The lowest BCUT2D eigenvalue weighted by Crippen LogP contribution is -2.26. The molecule has 26 heavy (non-hydrogen) atoms. The van der Waals surface area contributed by atoms with Crippen LogP contribution in [0.1, 0.15) is 9.67 Å². The van der Waals surface area contributed by atoms with Crippen molar-refractivity contribution in [1.82, 2.24) is 0 Å². The molecule has 0 aliphatic heterocycles. The number of nitrogens with zero attached hydrogens (tertiary/aromatic N) is 1. The fraction of sp³-hybridized carbons (Fsp3) is 0.0556. The standard InChI is InChI=1S/C18H15ClN2O3S2/c1-21(15-5-3-2-4-6-15)26(23,24)16-11-17(25-12-16)18(22)20-14-9-7-13(19)8-10-14/h2-12H,1H3,(H,20,22). The summed E-state index contributed by atoms with van der Waals surface area (Å²) in [6.07, 6.45) is 0. The van der Waals surface area contributed by atoms with Gasteiger partial charge in [-0.3, -0.25) is 9.10 Å². The van der Waals surface area contributed by atoms with Crippen LogP contribution in [0.4, 0.5) is 11.4 Å². The molecular weight excluding hydrogens is 392 g/mol. The lowest BCUT2D eigenvalue weighted by molar-refractivity contribution is 0.103. The van der Waals surface area contributed by atoms with Crippen LogP contribution in [0.15, 0.2) is 70.9 Å². The van der Waals surface area contributed by atoms with Crippen LogP contribution in [0, 0.1) is 0 Å². The number of para-hydroxylation sites is 1. The Bertz CT molecular complexity index is 1020. The Hall–Kier alpha value is -2.35. The lowest BCUT2D eigenvalue weighted by atomic mass is 10.3. The van der Waals surface area contributed by atoms with Gasteiger partial charge in [-0.05, 0) is 42.5 Å². The largest absolute Gasteiger partial charge is 0.321 e. The van der Waals surface area contributed by atoms with Gasteiger partial charge in [0, 0.05) is 23.1 Å². The van der Waals surface area contributed by atoms with Crippen molar-refractivity contribution in [3.05, 3.63) is 75.9 Å². The van der Waals surface area contributed by atoms with Crippen molar-refractivity contribution in [2.45, 2.75) is 4.90 Å². The molecule has 0 bridgehead atoms. The predicted octanol–water partition coefficient (Wildman–Crippen LogP) is 4.48. The third kappa shape index (κ3) is 3.90. The van der Waals surface area contributed by atoms with E-state index in [9.17, 15) is 13.2 Å². The Morgan fingerprint density at radius 2 is 1.73 bits per heavy atom. The van der Waals surface area contributed by atoms with Crippen molar-refractivity contribution in [3.8, 4) is 0 Å². The van der Waals surface area contributed by atoms with E-state index in [0.717, 1.165) is 11.3 Å². The normalized spacial score (nSPS) is 11.2. The summed E-state index contributed by atoms with van der Waals surface area (Å²) in [5.41, 5.74) is 1.13. The number of sulfonamides is 1. The molecule has 3 aromatic rings. The summed E-state index contributed by atoms with van der Waals surface area (Å²) in [7, 11) is -2.25. The molecule has 2 aromatic carbocycles. The van der Waals surface area contributed by atoms with E-state index >= 15 is 0 Å². The molecule has 0 unspecified atom stereocenters. The highest BCUT2D eigenvalue weighted by atomic mass is 35.5. The monoisotopic (exact) mass is 406 g/mol. The highest BCUT2D eigenvalue weighted by Crippen LogP contribution is 2.26. The number of amides is 1. The van der Waals surface area contributed by atoms with Crippen LogP contribution < -0.4 is 9.62 Å². The molecule has 3 rings (SSSR count). The molecule has 8 heteroatoms. The zero-order valence-corrected chi connectivity index (χ0v) is 16.1. The molecule has 1 heterocycles. The summed E-state index contributed by atoms with van der Waals surface area (Å²) < 4.78 is 26.7. The van der Waals surface area contributed by atoms with Crippen molar-refractivity contribution in [1.29, 1.82) is 0 Å². The first-order valence-corrected chi connectivity index (χ1v) is 10.3. The average molecular weight is 407 g/mol. The van der Waals surface area contributed by atoms with Crippen LogP contribution >= 0.6 is 22.9 Å². The minimum atomic E-state index is -3.74. The van der Waals surface area contributed by atoms with Gasteiger partial charge < -0.3 is 5.32 Å². The Labute approximate surface area is 160 Å². The summed E-state index contributed by atoms with van der Waals surface area (Å²) >= 11 is 6.89. The second-order valence-corrected chi connectivity index (χ2v) is 8.73. The second kappa shape index (κ2) is 7.49. The second-order valence-electron chi connectivity index (χ2n) is 5.42. The smallest absolute Gasteiger partial charge is 0.265 e. The van der Waals surface area contributed by atoms with Gasteiger partial charge >= 0.3 is 0 Å². The molecule has 0 fully saturated rings. The molecule has 1 N–H and O–H groups in total. The summed E-state index contributed by atoms with van der Waals surface area (Å²) in [5, 5.41) is 4.75. The van der Waals surface area contributed by atoms with Crippen molar-refractivity contribution in [3.63, 3.8) is 0 Å². The molecule has 134 valence electrons. The van der Waals surface area contributed by atoms with E-state index in [1.54, 1.807) is 48.5 Å². The minimum Gasteiger partial charge on any atom is -0.321 e. The molecule has 1 amide bonds. The van der Waals surface area contributed by atoms with Crippen molar-refractivity contribution < 1.29 is 13.2 Å². The van der Waals surface area contributed by atoms with Crippen LogP contribution in [-0.2, 0) is 10.0 Å². The van der Waals surface area contributed by atoms with E-state index in [-0.39, 0.29) is 10.8 Å². The number of rotatable bonds is 5. The van der Waals surface area contributed by atoms with E-state index in [1.165, 1.54) is 22.8 Å². The van der Waals surface area contributed by atoms with Crippen LogP contribution in [0.25, 0.3) is 0 Å². The first kappa shape index (κ1) is 18.4. The van der Waals surface area contributed by atoms with Crippen molar-refractivity contribution in [2.24, 2.45) is 0 Å². The molecule has 0 aliphatic carbocycles. The molecule has 0 radical (unpaired) electrons. The Morgan fingerprint density at radius 1 is 1.08 bits per heavy atom. The maximum atomic E-state index is 12.8.